The Bertz CT molecular complexity index is 303. The first-order valence-corrected chi connectivity index (χ1v) is 14.6. The fourth-order valence-electron chi connectivity index (χ4n) is 4.44. The predicted molar refractivity (Wildman–Crippen MR) is 141 cm³/mol. The third-order valence-electron chi connectivity index (χ3n) is 6.62. The molecule has 0 heteroatoms. The minimum Gasteiger partial charge on any atom is -0.0885 e. The molecule has 0 aromatic carbocycles. The van der Waals surface area contributed by atoms with Crippen LogP contribution in [0.4, 0.5) is 0 Å². The first-order chi connectivity index (χ1) is 14.9. The number of rotatable bonds is 26. The van der Waals surface area contributed by atoms with Crippen LogP contribution in [0.25, 0.3) is 0 Å². The van der Waals surface area contributed by atoms with Crippen LogP contribution in [0.1, 0.15) is 181 Å². The van der Waals surface area contributed by atoms with Crippen molar-refractivity contribution in [2.24, 2.45) is 0 Å². The van der Waals surface area contributed by atoms with Crippen molar-refractivity contribution in [3.05, 3.63) is 12.2 Å². The number of allylic oxidation sites excluding steroid dienone is 2. The van der Waals surface area contributed by atoms with Crippen molar-refractivity contribution in [3.8, 4) is 0 Å². The molecule has 0 nitrogen and oxygen atoms in total. The summed E-state index contributed by atoms with van der Waals surface area (Å²) >= 11 is 0. The highest BCUT2D eigenvalue weighted by molar-refractivity contribution is 4.81. The minimum atomic E-state index is 1.31. The summed E-state index contributed by atoms with van der Waals surface area (Å²) in [7, 11) is 0. The second-order valence-corrected chi connectivity index (χ2v) is 9.83. The van der Waals surface area contributed by atoms with Crippen LogP contribution < -0.4 is 0 Å². The smallest absolute Gasteiger partial charge is 0.0351 e. The Balaban J connectivity index is 3.05. The maximum absolute atomic E-state index is 2.45. The molecule has 0 atom stereocenters. The van der Waals surface area contributed by atoms with E-state index in [1.54, 1.807) is 0 Å². The summed E-state index contributed by atoms with van der Waals surface area (Å²) in [5, 5.41) is 0. The molecule has 0 rings (SSSR count). The predicted octanol–water partition coefficient (Wildman–Crippen LogP) is 11.7. The molecule has 30 heavy (non-hydrogen) atoms. The summed E-state index contributed by atoms with van der Waals surface area (Å²) in [6.45, 7) is 4.60. The summed E-state index contributed by atoms with van der Waals surface area (Å²) in [5.41, 5.74) is 0. The highest BCUT2D eigenvalue weighted by atomic mass is 14.0. The van der Waals surface area contributed by atoms with Crippen molar-refractivity contribution in [2.45, 2.75) is 181 Å². The fraction of sp³-hybridized carbons (Fsp3) is 0.933. The summed E-state index contributed by atoms with van der Waals surface area (Å²) in [6.07, 6.45) is 42.4. The van der Waals surface area contributed by atoms with E-state index in [0.29, 0.717) is 0 Å². The topological polar surface area (TPSA) is 0 Å². The molecule has 0 fully saturated rings. The summed E-state index contributed by atoms with van der Waals surface area (Å²) in [5.74, 6) is 0. The number of hydrogen-bond donors (Lipinski definition) is 0. The molecule has 0 aromatic heterocycles. The number of unbranched alkanes of at least 4 members (excludes halogenated alkanes) is 24. The van der Waals surface area contributed by atoms with Crippen LogP contribution in [0.3, 0.4) is 0 Å². The third kappa shape index (κ3) is 27.7. The van der Waals surface area contributed by atoms with E-state index in [1.807, 2.05) is 0 Å². The molecule has 0 N–H and O–H groups in total. The molecule has 0 heterocycles. The maximum Gasteiger partial charge on any atom is -0.0351 e. The largest absolute Gasteiger partial charge is 0.0885 e. The second kappa shape index (κ2) is 28.7. The van der Waals surface area contributed by atoms with Gasteiger partial charge in [-0.3, -0.25) is 0 Å². The lowest BCUT2D eigenvalue weighted by atomic mass is 10.0. The molecular formula is C30H60. The van der Waals surface area contributed by atoms with Crippen LogP contribution in [-0.2, 0) is 0 Å². The molecule has 180 valence electrons. The Hall–Kier alpha value is -0.260. The zero-order chi connectivity index (χ0) is 21.8. The molecule has 0 saturated carbocycles. The third-order valence-corrected chi connectivity index (χ3v) is 6.62. The highest BCUT2D eigenvalue weighted by Crippen LogP contribution is 2.14. The van der Waals surface area contributed by atoms with Gasteiger partial charge in [0.15, 0.2) is 0 Å². The summed E-state index contributed by atoms with van der Waals surface area (Å²) < 4.78 is 0. The van der Waals surface area contributed by atoms with Crippen molar-refractivity contribution in [1.29, 1.82) is 0 Å². The van der Waals surface area contributed by atoms with Gasteiger partial charge in [-0.25, -0.2) is 0 Å². The first-order valence-electron chi connectivity index (χ1n) is 14.6. The molecule has 0 aliphatic rings. The molecular weight excluding hydrogens is 360 g/mol. The van der Waals surface area contributed by atoms with E-state index in [-0.39, 0.29) is 0 Å². The molecule has 0 aliphatic heterocycles. The van der Waals surface area contributed by atoms with E-state index >= 15 is 0 Å². The van der Waals surface area contributed by atoms with E-state index in [0.717, 1.165) is 0 Å². The lowest BCUT2D eigenvalue weighted by Crippen LogP contribution is -1.83. The first kappa shape index (κ1) is 29.7. The molecule has 0 radical (unpaired) electrons. The Morgan fingerprint density at radius 2 is 0.467 bits per heavy atom. The van der Waals surface area contributed by atoms with Gasteiger partial charge in [0.1, 0.15) is 0 Å². The van der Waals surface area contributed by atoms with E-state index in [4.69, 9.17) is 0 Å². The molecule has 0 saturated heterocycles. The van der Waals surface area contributed by atoms with Gasteiger partial charge in [-0.1, -0.05) is 167 Å². The summed E-state index contributed by atoms with van der Waals surface area (Å²) in [6, 6.07) is 0. The quantitative estimate of drug-likeness (QED) is 0.0963. The van der Waals surface area contributed by atoms with Gasteiger partial charge in [0, 0.05) is 0 Å². The van der Waals surface area contributed by atoms with E-state index in [2.05, 4.69) is 26.0 Å². The van der Waals surface area contributed by atoms with Gasteiger partial charge in [-0.2, -0.15) is 0 Å². The van der Waals surface area contributed by atoms with Gasteiger partial charge >= 0.3 is 0 Å². The van der Waals surface area contributed by atoms with Crippen molar-refractivity contribution in [1.82, 2.24) is 0 Å². The molecule has 0 spiro atoms. The van der Waals surface area contributed by atoms with Gasteiger partial charge in [-0.15, -0.1) is 0 Å². The zero-order valence-electron chi connectivity index (χ0n) is 21.5. The van der Waals surface area contributed by atoms with Crippen molar-refractivity contribution in [3.63, 3.8) is 0 Å². The van der Waals surface area contributed by atoms with E-state index < -0.39 is 0 Å². The normalized spacial score (nSPS) is 11.7. The van der Waals surface area contributed by atoms with Crippen LogP contribution in [0.5, 0.6) is 0 Å². The monoisotopic (exact) mass is 420 g/mol. The second-order valence-electron chi connectivity index (χ2n) is 9.83. The van der Waals surface area contributed by atoms with Crippen LogP contribution >= 0.6 is 0 Å². The van der Waals surface area contributed by atoms with Crippen molar-refractivity contribution >= 4 is 0 Å². The van der Waals surface area contributed by atoms with Crippen LogP contribution in [0.15, 0.2) is 12.2 Å². The van der Waals surface area contributed by atoms with Gasteiger partial charge < -0.3 is 0 Å². The Labute approximate surface area is 193 Å². The van der Waals surface area contributed by atoms with E-state index in [1.165, 1.54) is 167 Å². The van der Waals surface area contributed by atoms with Crippen LogP contribution in [-0.4, -0.2) is 0 Å². The molecule has 0 aliphatic carbocycles. The minimum absolute atomic E-state index is 1.31. The van der Waals surface area contributed by atoms with Crippen LogP contribution in [0, 0.1) is 0 Å². The van der Waals surface area contributed by atoms with Gasteiger partial charge in [0.05, 0.1) is 0 Å². The standard InChI is InChI=1S/C30H60/c1-3-5-7-9-11-13-15-17-19-21-23-25-27-29-30-28-26-24-22-20-18-16-14-12-10-8-6-4-2/h21,23H,3-20,22,24-30H2,1-2H3/b23-21+. The Morgan fingerprint density at radius 1 is 0.267 bits per heavy atom. The average Bonchev–Trinajstić information content (AvgIpc) is 2.76. The SMILES string of the molecule is CCCCCCCCCC/C=C/CCCCCCCCCCCCCCCCCC. The highest BCUT2D eigenvalue weighted by Gasteiger charge is 1.94. The van der Waals surface area contributed by atoms with Gasteiger partial charge in [-0.05, 0) is 25.7 Å². The zero-order valence-corrected chi connectivity index (χ0v) is 21.5. The Morgan fingerprint density at radius 3 is 0.700 bits per heavy atom. The van der Waals surface area contributed by atoms with E-state index in [9.17, 15) is 0 Å². The van der Waals surface area contributed by atoms with Crippen LogP contribution in [0.2, 0.25) is 0 Å². The lowest BCUT2D eigenvalue weighted by molar-refractivity contribution is 0.530. The average molecular weight is 421 g/mol. The van der Waals surface area contributed by atoms with Gasteiger partial charge in [0.2, 0.25) is 0 Å². The fourth-order valence-corrected chi connectivity index (χ4v) is 4.44. The van der Waals surface area contributed by atoms with Gasteiger partial charge in [0.25, 0.3) is 0 Å². The summed E-state index contributed by atoms with van der Waals surface area (Å²) in [4.78, 5) is 0. The molecule has 0 amide bonds. The molecule has 0 bridgehead atoms. The maximum atomic E-state index is 2.45. The lowest BCUT2D eigenvalue weighted by Gasteiger charge is -2.03. The Kier molecular flexibility index (Phi) is 28.5. The van der Waals surface area contributed by atoms with Crippen molar-refractivity contribution < 1.29 is 0 Å². The molecule has 0 aromatic rings. The van der Waals surface area contributed by atoms with Crippen molar-refractivity contribution in [2.75, 3.05) is 0 Å². The molecule has 0 unspecified atom stereocenters. The number of hydrogen-bond acceptors (Lipinski definition) is 0.